The number of aromatic carboxylic acids is 1. The van der Waals surface area contributed by atoms with Gasteiger partial charge in [-0.2, -0.15) is 5.10 Å². The Bertz CT molecular complexity index is 674. The Hall–Kier alpha value is -2.16. The van der Waals surface area contributed by atoms with Crippen LogP contribution in [-0.2, 0) is 17.9 Å². The van der Waals surface area contributed by atoms with E-state index in [0.29, 0.717) is 31.2 Å². The summed E-state index contributed by atoms with van der Waals surface area (Å²) in [4.78, 5) is 25.5. The average molecular weight is 351 g/mol. The first kappa shape index (κ1) is 16.7. The van der Waals surface area contributed by atoms with E-state index in [4.69, 9.17) is 17.3 Å². The predicted molar refractivity (Wildman–Crippen MR) is 90.6 cm³/mol. The molecule has 3 heterocycles. The molecular formula is C15H21N5O3S. The molecule has 1 saturated heterocycles. The van der Waals surface area contributed by atoms with Gasteiger partial charge in [0.15, 0.2) is 10.8 Å². The van der Waals surface area contributed by atoms with E-state index >= 15 is 0 Å². The van der Waals surface area contributed by atoms with Crippen molar-refractivity contribution in [1.82, 2.24) is 25.3 Å². The zero-order valence-corrected chi connectivity index (χ0v) is 14.3. The van der Waals surface area contributed by atoms with Crippen LogP contribution in [-0.4, -0.2) is 55.4 Å². The van der Waals surface area contributed by atoms with Crippen LogP contribution in [0.5, 0.6) is 0 Å². The summed E-state index contributed by atoms with van der Waals surface area (Å²) < 4.78 is 1.69. The van der Waals surface area contributed by atoms with Gasteiger partial charge >= 0.3 is 5.97 Å². The molecule has 8 nitrogen and oxygen atoms in total. The first-order valence-electron chi connectivity index (χ1n) is 8.07. The Morgan fingerprint density at radius 2 is 2.21 bits per heavy atom. The number of fused-ring (bicyclic) bond motifs is 1. The minimum absolute atomic E-state index is 0.0264. The molecule has 0 radical (unpaired) electrons. The molecule has 0 aromatic carbocycles. The molecule has 3 rings (SSSR count). The Morgan fingerprint density at radius 3 is 2.92 bits per heavy atom. The predicted octanol–water partition coefficient (Wildman–Crippen LogP) is 0.329. The van der Waals surface area contributed by atoms with Crippen LogP contribution in [0.15, 0.2) is 6.07 Å². The number of nitrogens with one attached hydrogen (secondary N) is 2. The van der Waals surface area contributed by atoms with Gasteiger partial charge in [0.25, 0.3) is 0 Å². The molecule has 1 fully saturated rings. The largest absolute Gasteiger partial charge is 0.476 e. The molecule has 0 spiro atoms. The minimum atomic E-state index is -1.05. The number of hydrogen-bond acceptors (Lipinski definition) is 4. The maximum absolute atomic E-state index is 12.7. The van der Waals surface area contributed by atoms with Crippen LogP contribution in [0, 0.1) is 0 Å². The van der Waals surface area contributed by atoms with Crippen LogP contribution in [0.25, 0.3) is 0 Å². The highest BCUT2D eigenvalue weighted by Crippen LogP contribution is 2.17. The number of carboxylic acids is 1. The summed E-state index contributed by atoms with van der Waals surface area (Å²) >= 11 is 5.16. The molecule has 9 heteroatoms. The van der Waals surface area contributed by atoms with Gasteiger partial charge in [-0.1, -0.05) is 0 Å². The fourth-order valence-corrected chi connectivity index (χ4v) is 3.62. The number of carbonyl (C=O) groups excluding carboxylic acids is 1. The number of carbonyl (C=O) groups is 2. The van der Waals surface area contributed by atoms with Crippen molar-refractivity contribution < 1.29 is 14.7 Å². The second-order valence-electron chi connectivity index (χ2n) is 6.37. The standard InChI is InChI=1S/C15H21N5O3S/c1-9-5-10(17-15(24)16-9)6-13(21)19-3-2-4-20-11(8-19)7-12(18-20)14(22)23/h7,9-10H,2-6,8H2,1H3,(H,22,23)(H2,16,17,24)/t9-,10+/m1/s1. The first-order chi connectivity index (χ1) is 11.4. The zero-order chi connectivity index (χ0) is 17.3. The lowest BCUT2D eigenvalue weighted by Crippen LogP contribution is -2.54. The Balaban J connectivity index is 1.66. The third-order valence-electron chi connectivity index (χ3n) is 4.36. The Labute approximate surface area is 145 Å². The lowest BCUT2D eigenvalue weighted by Gasteiger charge is -2.32. The van der Waals surface area contributed by atoms with Crippen molar-refractivity contribution in [2.75, 3.05) is 6.54 Å². The fraction of sp³-hybridized carbons (Fsp3) is 0.600. The van der Waals surface area contributed by atoms with Crippen molar-refractivity contribution in [3.8, 4) is 0 Å². The number of hydrogen-bond donors (Lipinski definition) is 3. The molecule has 130 valence electrons. The molecule has 24 heavy (non-hydrogen) atoms. The molecule has 0 unspecified atom stereocenters. The van der Waals surface area contributed by atoms with Crippen LogP contribution >= 0.6 is 12.2 Å². The lowest BCUT2D eigenvalue weighted by molar-refractivity contribution is -0.132. The third kappa shape index (κ3) is 3.66. The number of nitrogens with zero attached hydrogens (tertiary/aromatic N) is 3. The molecular weight excluding hydrogens is 330 g/mol. The maximum Gasteiger partial charge on any atom is 0.356 e. The number of aryl methyl sites for hydroxylation is 1. The maximum atomic E-state index is 12.7. The van der Waals surface area contributed by atoms with Gasteiger partial charge < -0.3 is 20.6 Å². The molecule has 2 aliphatic rings. The monoisotopic (exact) mass is 351 g/mol. The van der Waals surface area contributed by atoms with Gasteiger partial charge in [0.05, 0.1) is 12.2 Å². The van der Waals surface area contributed by atoms with Crippen molar-refractivity contribution in [3.63, 3.8) is 0 Å². The number of rotatable bonds is 3. The van der Waals surface area contributed by atoms with Gasteiger partial charge in [-0.05, 0) is 38.0 Å². The van der Waals surface area contributed by atoms with Crippen LogP contribution in [0.4, 0.5) is 0 Å². The number of amides is 1. The number of aromatic nitrogens is 2. The summed E-state index contributed by atoms with van der Waals surface area (Å²) in [5.41, 5.74) is 0.791. The summed E-state index contributed by atoms with van der Waals surface area (Å²) in [5, 5.41) is 20.0. The Kier molecular flexibility index (Phi) is 4.70. The minimum Gasteiger partial charge on any atom is -0.476 e. The van der Waals surface area contributed by atoms with E-state index in [1.165, 1.54) is 0 Å². The smallest absolute Gasteiger partial charge is 0.356 e. The van der Waals surface area contributed by atoms with Gasteiger partial charge in [-0.15, -0.1) is 0 Å². The van der Waals surface area contributed by atoms with Crippen LogP contribution in [0.3, 0.4) is 0 Å². The van der Waals surface area contributed by atoms with Crippen LogP contribution in [0.1, 0.15) is 42.4 Å². The SMILES string of the molecule is C[C@@H]1C[C@@H](CC(=O)N2CCCn3nc(C(=O)O)cc3C2)NC(=S)N1. The van der Waals surface area contributed by atoms with Crippen molar-refractivity contribution in [3.05, 3.63) is 17.5 Å². The van der Waals surface area contributed by atoms with Crippen molar-refractivity contribution in [1.29, 1.82) is 0 Å². The lowest BCUT2D eigenvalue weighted by atomic mass is 10.0. The number of thiocarbonyl (C=S) groups is 1. The van der Waals surface area contributed by atoms with Crippen molar-refractivity contribution in [2.24, 2.45) is 0 Å². The van der Waals surface area contributed by atoms with E-state index in [2.05, 4.69) is 15.7 Å². The van der Waals surface area contributed by atoms with Gasteiger partial charge in [-0.25, -0.2) is 4.79 Å². The molecule has 2 aliphatic heterocycles. The zero-order valence-electron chi connectivity index (χ0n) is 13.5. The highest BCUT2D eigenvalue weighted by atomic mass is 32.1. The van der Waals surface area contributed by atoms with Crippen molar-refractivity contribution >= 4 is 29.2 Å². The highest BCUT2D eigenvalue weighted by Gasteiger charge is 2.27. The molecule has 1 aromatic rings. The first-order valence-corrected chi connectivity index (χ1v) is 8.48. The van der Waals surface area contributed by atoms with Gasteiger partial charge in [-0.3, -0.25) is 9.48 Å². The van der Waals surface area contributed by atoms with E-state index < -0.39 is 5.97 Å². The van der Waals surface area contributed by atoms with Crippen LogP contribution in [0.2, 0.25) is 0 Å². The van der Waals surface area contributed by atoms with E-state index in [9.17, 15) is 9.59 Å². The number of carboxylic acid groups (broad SMARTS) is 1. The van der Waals surface area contributed by atoms with Gasteiger partial charge in [0, 0.05) is 31.6 Å². The molecule has 2 atom stereocenters. The normalized spacial score (nSPS) is 23.7. The molecule has 3 N–H and O–H groups in total. The summed E-state index contributed by atoms with van der Waals surface area (Å²) in [6.07, 6.45) is 1.97. The quantitative estimate of drug-likeness (QED) is 0.675. The van der Waals surface area contributed by atoms with Crippen molar-refractivity contribution in [2.45, 2.75) is 51.4 Å². The summed E-state index contributed by atoms with van der Waals surface area (Å²) in [5.74, 6) is -0.995. The summed E-state index contributed by atoms with van der Waals surface area (Å²) in [7, 11) is 0. The van der Waals surface area contributed by atoms with E-state index in [1.54, 1.807) is 15.6 Å². The topological polar surface area (TPSA) is 99.5 Å². The second-order valence-corrected chi connectivity index (χ2v) is 6.78. The molecule has 1 aromatic heterocycles. The summed E-state index contributed by atoms with van der Waals surface area (Å²) in [6, 6.07) is 1.83. The molecule has 1 amide bonds. The molecule has 0 saturated carbocycles. The Morgan fingerprint density at radius 1 is 1.42 bits per heavy atom. The van der Waals surface area contributed by atoms with Gasteiger partial charge in [0.2, 0.25) is 5.91 Å². The van der Waals surface area contributed by atoms with Gasteiger partial charge in [0.1, 0.15) is 0 Å². The molecule has 0 bridgehead atoms. The second kappa shape index (κ2) is 6.76. The van der Waals surface area contributed by atoms with E-state index in [0.717, 1.165) is 18.5 Å². The van der Waals surface area contributed by atoms with Crippen LogP contribution < -0.4 is 10.6 Å². The average Bonchev–Trinajstić information content (AvgIpc) is 2.78. The fourth-order valence-electron chi connectivity index (χ4n) is 3.25. The van der Waals surface area contributed by atoms with E-state index in [-0.39, 0.29) is 23.7 Å². The summed E-state index contributed by atoms with van der Waals surface area (Å²) in [6.45, 7) is 3.71. The van der Waals surface area contributed by atoms with E-state index in [1.807, 2.05) is 6.92 Å². The highest BCUT2D eigenvalue weighted by molar-refractivity contribution is 7.80. The third-order valence-corrected chi connectivity index (χ3v) is 4.59. The molecule has 0 aliphatic carbocycles.